The molecule has 0 fully saturated rings. The van der Waals surface area contributed by atoms with E-state index in [4.69, 9.17) is 0 Å². The second kappa shape index (κ2) is 5.82. The van der Waals surface area contributed by atoms with Gasteiger partial charge in [0.25, 0.3) is 0 Å². The molecule has 0 amide bonds. The summed E-state index contributed by atoms with van der Waals surface area (Å²) in [5, 5.41) is 3.15. The second-order valence-electron chi connectivity index (χ2n) is 4.83. The SMILES string of the molecule is CCCc1nccn1-c1ncnc(NC)c1C(C)C. The molecule has 0 aliphatic rings. The Hall–Kier alpha value is -1.91. The highest BCUT2D eigenvalue weighted by Crippen LogP contribution is 2.27. The van der Waals surface area contributed by atoms with Crippen LogP contribution in [0.25, 0.3) is 5.82 Å². The van der Waals surface area contributed by atoms with Gasteiger partial charge in [-0.05, 0) is 12.3 Å². The molecule has 0 aliphatic heterocycles. The van der Waals surface area contributed by atoms with Crippen molar-refractivity contribution in [3.8, 4) is 5.82 Å². The molecule has 0 bridgehead atoms. The van der Waals surface area contributed by atoms with E-state index in [-0.39, 0.29) is 0 Å². The van der Waals surface area contributed by atoms with Gasteiger partial charge in [-0.25, -0.2) is 15.0 Å². The lowest BCUT2D eigenvalue weighted by atomic mass is 10.0. The summed E-state index contributed by atoms with van der Waals surface area (Å²) in [4.78, 5) is 13.2. The van der Waals surface area contributed by atoms with Gasteiger partial charge in [-0.15, -0.1) is 0 Å². The summed E-state index contributed by atoms with van der Waals surface area (Å²) in [5.41, 5.74) is 1.13. The predicted octanol–water partition coefficient (Wildman–Crippen LogP) is 2.78. The van der Waals surface area contributed by atoms with Crippen molar-refractivity contribution in [1.82, 2.24) is 19.5 Å². The van der Waals surface area contributed by atoms with Crippen molar-refractivity contribution in [3.63, 3.8) is 0 Å². The van der Waals surface area contributed by atoms with E-state index in [0.717, 1.165) is 35.9 Å². The van der Waals surface area contributed by atoms with E-state index in [1.807, 2.05) is 19.4 Å². The predicted molar refractivity (Wildman–Crippen MR) is 76.8 cm³/mol. The van der Waals surface area contributed by atoms with Crippen molar-refractivity contribution < 1.29 is 0 Å². The van der Waals surface area contributed by atoms with Crippen molar-refractivity contribution in [1.29, 1.82) is 0 Å². The Bertz CT molecular complexity index is 545. The van der Waals surface area contributed by atoms with Crippen LogP contribution >= 0.6 is 0 Å². The molecule has 19 heavy (non-hydrogen) atoms. The first-order chi connectivity index (χ1) is 9.19. The first-order valence-corrected chi connectivity index (χ1v) is 6.74. The highest BCUT2D eigenvalue weighted by molar-refractivity contribution is 5.53. The number of anilines is 1. The average Bonchev–Trinajstić information content (AvgIpc) is 2.86. The topological polar surface area (TPSA) is 55.6 Å². The molecule has 1 N–H and O–H groups in total. The summed E-state index contributed by atoms with van der Waals surface area (Å²) in [6.07, 6.45) is 7.42. The molecule has 2 heterocycles. The molecule has 5 heteroatoms. The van der Waals surface area contributed by atoms with Crippen LogP contribution in [0, 0.1) is 0 Å². The Kier molecular flexibility index (Phi) is 4.14. The van der Waals surface area contributed by atoms with Gasteiger partial charge in [-0.1, -0.05) is 20.8 Å². The fourth-order valence-electron chi connectivity index (χ4n) is 2.24. The molecule has 0 aliphatic carbocycles. The third-order valence-electron chi connectivity index (χ3n) is 3.10. The molecule has 0 spiro atoms. The van der Waals surface area contributed by atoms with E-state index in [1.54, 1.807) is 6.33 Å². The normalized spacial score (nSPS) is 11.0. The van der Waals surface area contributed by atoms with Gasteiger partial charge >= 0.3 is 0 Å². The second-order valence-corrected chi connectivity index (χ2v) is 4.83. The third kappa shape index (κ3) is 2.59. The maximum atomic E-state index is 4.47. The number of imidazole rings is 1. The lowest BCUT2D eigenvalue weighted by Crippen LogP contribution is -2.11. The number of hydrogen-bond acceptors (Lipinski definition) is 4. The minimum Gasteiger partial charge on any atom is -0.373 e. The Morgan fingerprint density at radius 3 is 2.68 bits per heavy atom. The zero-order valence-electron chi connectivity index (χ0n) is 12.0. The van der Waals surface area contributed by atoms with E-state index >= 15 is 0 Å². The highest BCUT2D eigenvalue weighted by atomic mass is 15.1. The van der Waals surface area contributed by atoms with Crippen molar-refractivity contribution in [3.05, 3.63) is 30.1 Å². The summed E-state index contributed by atoms with van der Waals surface area (Å²) in [6.45, 7) is 6.46. The van der Waals surface area contributed by atoms with Crippen molar-refractivity contribution in [2.75, 3.05) is 12.4 Å². The van der Waals surface area contributed by atoms with E-state index < -0.39 is 0 Å². The minimum absolute atomic E-state index is 0.343. The van der Waals surface area contributed by atoms with Crippen LogP contribution < -0.4 is 5.32 Å². The van der Waals surface area contributed by atoms with E-state index in [2.05, 4.69) is 45.6 Å². The number of hydrogen-bond donors (Lipinski definition) is 1. The molecule has 2 aromatic rings. The van der Waals surface area contributed by atoms with Gasteiger partial charge in [0.2, 0.25) is 0 Å². The monoisotopic (exact) mass is 259 g/mol. The van der Waals surface area contributed by atoms with Crippen LogP contribution in [-0.2, 0) is 6.42 Å². The van der Waals surface area contributed by atoms with Crippen molar-refractivity contribution in [2.45, 2.75) is 39.5 Å². The maximum absolute atomic E-state index is 4.47. The third-order valence-corrected chi connectivity index (χ3v) is 3.10. The van der Waals surface area contributed by atoms with Crippen LogP contribution in [0.3, 0.4) is 0 Å². The molecule has 0 unspecified atom stereocenters. The molecule has 2 rings (SSSR count). The van der Waals surface area contributed by atoms with Crippen LogP contribution in [0.15, 0.2) is 18.7 Å². The molecule has 2 aromatic heterocycles. The zero-order valence-corrected chi connectivity index (χ0v) is 12.0. The van der Waals surface area contributed by atoms with Gasteiger partial charge < -0.3 is 5.32 Å². The van der Waals surface area contributed by atoms with Crippen molar-refractivity contribution in [2.24, 2.45) is 0 Å². The fraction of sp³-hybridized carbons (Fsp3) is 0.500. The Labute approximate surface area is 114 Å². The number of nitrogens with one attached hydrogen (secondary N) is 1. The van der Waals surface area contributed by atoms with Gasteiger partial charge in [-0.3, -0.25) is 4.57 Å². The minimum atomic E-state index is 0.343. The van der Waals surface area contributed by atoms with Gasteiger partial charge in [0, 0.05) is 31.4 Å². The number of aryl methyl sites for hydroxylation is 1. The van der Waals surface area contributed by atoms with Gasteiger partial charge in [-0.2, -0.15) is 0 Å². The van der Waals surface area contributed by atoms with Gasteiger partial charge in [0.05, 0.1) is 0 Å². The Morgan fingerprint density at radius 1 is 1.26 bits per heavy atom. The van der Waals surface area contributed by atoms with Crippen LogP contribution in [-0.4, -0.2) is 26.6 Å². The Balaban J connectivity index is 2.58. The molecule has 0 atom stereocenters. The van der Waals surface area contributed by atoms with Crippen LogP contribution in [0.5, 0.6) is 0 Å². The summed E-state index contributed by atoms with van der Waals surface area (Å²) < 4.78 is 2.07. The highest BCUT2D eigenvalue weighted by Gasteiger charge is 2.17. The maximum Gasteiger partial charge on any atom is 0.147 e. The first kappa shape index (κ1) is 13.5. The van der Waals surface area contributed by atoms with Gasteiger partial charge in [0.15, 0.2) is 0 Å². The lowest BCUT2D eigenvalue weighted by Gasteiger charge is -2.17. The van der Waals surface area contributed by atoms with Crippen LogP contribution in [0.1, 0.15) is 44.5 Å². The number of aromatic nitrogens is 4. The van der Waals surface area contributed by atoms with Crippen LogP contribution in [0.4, 0.5) is 5.82 Å². The molecular weight excluding hydrogens is 238 g/mol. The Morgan fingerprint density at radius 2 is 2.05 bits per heavy atom. The zero-order chi connectivity index (χ0) is 13.8. The van der Waals surface area contributed by atoms with E-state index in [0.29, 0.717) is 5.92 Å². The lowest BCUT2D eigenvalue weighted by molar-refractivity contribution is 0.767. The molecule has 102 valence electrons. The van der Waals surface area contributed by atoms with E-state index in [9.17, 15) is 0 Å². The van der Waals surface area contributed by atoms with Crippen molar-refractivity contribution >= 4 is 5.82 Å². The average molecular weight is 259 g/mol. The molecule has 5 nitrogen and oxygen atoms in total. The van der Waals surface area contributed by atoms with Crippen LogP contribution in [0.2, 0.25) is 0 Å². The molecule has 0 saturated carbocycles. The fourth-order valence-corrected chi connectivity index (χ4v) is 2.24. The standard InChI is InChI=1S/C14H21N5/c1-5-6-11-16-7-8-19(11)14-12(10(2)3)13(15-4)17-9-18-14/h7-10H,5-6H2,1-4H3,(H,15,17,18). The summed E-state index contributed by atoms with van der Waals surface area (Å²) in [7, 11) is 1.89. The quantitative estimate of drug-likeness (QED) is 0.897. The summed E-state index contributed by atoms with van der Waals surface area (Å²) >= 11 is 0. The smallest absolute Gasteiger partial charge is 0.147 e. The summed E-state index contributed by atoms with van der Waals surface area (Å²) in [5.74, 6) is 3.20. The molecule has 0 aromatic carbocycles. The summed E-state index contributed by atoms with van der Waals surface area (Å²) in [6, 6.07) is 0. The molecule has 0 radical (unpaired) electrons. The number of nitrogens with zero attached hydrogens (tertiary/aromatic N) is 4. The van der Waals surface area contributed by atoms with Gasteiger partial charge in [0.1, 0.15) is 23.8 Å². The first-order valence-electron chi connectivity index (χ1n) is 6.74. The largest absolute Gasteiger partial charge is 0.373 e. The number of rotatable bonds is 5. The van der Waals surface area contributed by atoms with E-state index in [1.165, 1.54) is 0 Å². The molecular formula is C14H21N5. The molecule has 0 saturated heterocycles.